The van der Waals surface area contributed by atoms with Gasteiger partial charge in [0.05, 0.1) is 19.8 Å². The number of carbonyl (C=O) groups excluding carboxylic acids is 2. The fourth-order valence-corrected chi connectivity index (χ4v) is 4.79. The molecule has 1 aliphatic heterocycles. The van der Waals surface area contributed by atoms with E-state index in [9.17, 15) is 9.59 Å². The summed E-state index contributed by atoms with van der Waals surface area (Å²) in [4.78, 5) is 26.0. The van der Waals surface area contributed by atoms with Gasteiger partial charge >= 0.3 is 5.97 Å². The Morgan fingerprint density at radius 2 is 1.65 bits per heavy atom. The van der Waals surface area contributed by atoms with Gasteiger partial charge < -0.3 is 19.5 Å². The van der Waals surface area contributed by atoms with Crippen LogP contribution in [0.5, 0.6) is 11.5 Å². The van der Waals surface area contributed by atoms with Crippen LogP contribution < -0.4 is 14.8 Å². The predicted molar refractivity (Wildman–Crippen MR) is 129 cm³/mol. The van der Waals surface area contributed by atoms with E-state index in [2.05, 4.69) is 19.2 Å². The number of rotatable bonds is 6. The molecule has 0 fully saturated rings. The highest BCUT2D eigenvalue weighted by Gasteiger charge is 2.42. The lowest BCUT2D eigenvalue weighted by atomic mass is 9.68. The van der Waals surface area contributed by atoms with Crippen molar-refractivity contribution in [3.63, 3.8) is 0 Å². The Kier molecular flexibility index (Phi) is 6.51. The fraction of sp³-hybridized carbons (Fsp3) is 0.357. The Balaban J connectivity index is 1.62. The first kappa shape index (κ1) is 23.6. The number of esters is 1. The second kappa shape index (κ2) is 9.37. The first-order valence-electron chi connectivity index (χ1n) is 11.4. The van der Waals surface area contributed by atoms with Gasteiger partial charge in [0.15, 0.2) is 5.78 Å². The van der Waals surface area contributed by atoms with E-state index in [1.807, 2.05) is 55.5 Å². The Labute approximate surface area is 200 Å². The van der Waals surface area contributed by atoms with Gasteiger partial charge in [-0.2, -0.15) is 0 Å². The molecule has 0 bridgehead atoms. The maximum atomic E-state index is 13.3. The van der Waals surface area contributed by atoms with Crippen LogP contribution in [0.1, 0.15) is 50.7 Å². The van der Waals surface area contributed by atoms with E-state index in [0.29, 0.717) is 29.9 Å². The molecule has 0 saturated heterocycles. The topological polar surface area (TPSA) is 73.9 Å². The van der Waals surface area contributed by atoms with Crippen LogP contribution >= 0.6 is 0 Å². The summed E-state index contributed by atoms with van der Waals surface area (Å²) in [7, 11) is 3.00. The van der Waals surface area contributed by atoms with Gasteiger partial charge in [0.2, 0.25) is 0 Å². The van der Waals surface area contributed by atoms with Gasteiger partial charge in [-0.25, -0.2) is 4.79 Å². The molecule has 1 atom stereocenters. The van der Waals surface area contributed by atoms with Crippen LogP contribution in [0.15, 0.2) is 71.1 Å². The van der Waals surface area contributed by atoms with Gasteiger partial charge in [-0.3, -0.25) is 4.79 Å². The molecule has 0 saturated carbocycles. The molecule has 2 aromatic rings. The molecule has 2 aromatic carbocycles. The van der Waals surface area contributed by atoms with Crippen molar-refractivity contribution in [1.82, 2.24) is 5.32 Å². The van der Waals surface area contributed by atoms with Crippen molar-refractivity contribution in [2.75, 3.05) is 14.2 Å². The number of Topliss-reactive ketones (excluding diaryl/α,β-unsaturated/α-hetero) is 1. The number of ketones is 1. The van der Waals surface area contributed by atoms with Crippen LogP contribution in [0, 0.1) is 5.41 Å². The SMILES string of the molecule is COC(=O)C1=C(C)NC2=C(C(=O)CC(C)(C)C2)[C@@H]1c1ccc(OCc2ccc(OC)cc2)cc1. The molecule has 1 aliphatic carbocycles. The number of carbonyl (C=O) groups is 2. The zero-order chi connectivity index (χ0) is 24.5. The summed E-state index contributed by atoms with van der Waals surface area (Å²) in [6.45, 7) is 6.47. The van der Waals surface area contributed by atoms with E-state index in [1.165, 1.54) is 7.11 Å². The molecule has 178 valence electrons. The largest absolute Gasteiger partial charge is 0.497 e. The fourth-order valence-electron chi connectivity index (χ4n) is 4.79. The van der Waals surface area contributed by atoms with Crippen molar-refractivity contribution in [3.05, 3.63) is 82.2 Å². The van der Waals surface area contributed by atoms with Crippen molar-refractivity contribution in [2.45, 2.75) is 46.1 Å². The first-order chi connectivity index (χ1) is 16.2. The van der Waals surface area contributed by atoms with E-state index < -0.39 is 11.9 Å². The number of ether oxygens (including phenoxy) is 3. The number of hydrogen-bond acceptors (Lipinski definition) is 6. The van der Waals surface area contributed by atoms with Crippen LogP contribution in [0.4, 0.5) is 0 Å². The second-order valence-corrected chi connectivity index (χ2v) is 9.63. The lowest BCUT2D eigenvalue weighted by Crippen LogP contribution is -2.38. The van der Waals surface area contributed by atoms with Crippen LogP contribution in [0.25, 0.3) is 0 Å². The zero-order valence-electron chi connectivity index (χ0n) is 20.4. The first-order valence-corrected chi connectivity index (χ1v) is 11.4. The normalized spacial score (nSPS) is 19.3. The molecule has 0 radical (unpaired) electrons. The van der Waals surface area contributed by atoms with Crippen molar-refractivity contribution in [2.24, 2.45) is 5.41 Å². The summed E-state index contributed by atoms with van der Waals surface area (Å²) < 4.78 is 16.2. The minimum Gasteiger partial charge on any atom is -0.497 e. The number of methoxy groups -OCH3 is 2. The number of benzene rings is 2. The van der Waals surface area contributed by atoms with Crippen molar-refractivity contribution in [1.29, 1.82) is 0 Å². The van der Waals surface area contributed by atoms with E-state index in [1.54, 1.807) is 7.11 Å². The molecule has 6 heteroatoms. The highest BCUT2D eigenvalue weighted by molar-refractivity contribution is 6.04. The summed E-state index contributed by atoms with van der Waals surface area (Å²) in [6.07, 6.45) is 1.19. The molecule has 0 unspecified atom stereocenters. The highest BCUT2D eigenvalue weighted by atomic mass is 16.5. The lowest BCUT2D eigenvalue weighted by molar-refractivity contribution is -0.136. The summed E-state index contributed by atoms with van der Waals surface area (Å²) in [6, 6.07) is 15.3. The Bertz CT molecular complexity index is 1160. The van der Waals surface area contributed by atoms with Gasteiger partial charge in [0, 0.05) is 29.3 Å². The molecular formula is C28H31NO5. The minimum atomic E-state index is -0.470. The van der Waals surface area contributed by atoms with Gasteiger partial charge in [0.25, 0.3) is 0 Å². The molecule has 4 rings (SSSR count). The van der Waals surface area contributed by atoms with Crippen LogP contribution in [-0.4, -0.2) is 26.0 Å². The summed E-state index contributed by atoms with van der Waals surface area (Å²) in [5, 5.41) is 3.33. The third-order valence-corrected chi connectivity index (χ3v) is 6.42. The van der Waals surface area contributed by atoms with Crippen LogP contribution in [0.2, 0.25) is 0 Å². The molecule has 0 aromatic heterocycles. The summed E-state index contributed by atoms with van der Waals surface area (Å²) in [5.41, 5.74) is 4.52. The third kappa shape index (κ3) is 4.72. The van der Waals surface area contributed by atoms with Gasteiger partial charge in [-0.05, 0) is 54.2 Å². The molecule has 34 heavy (non-hydrogen) atoms. The molecule has 6 nitrogen and oxygen atoms in total. The van der Waals surface area contributed by atoms with E-state index in [0.717, 1.165) is 34.7 Å². The highest BCUT2D eigenvalue weighted by Crippen LogP contribution is 2.46. The number of allylic oxidation sites excluding steroid dienone is 3. The Morgan fingerprint density at radius 1 is 1.00 bits per heavy atom. The third-order valence-electron chi connectivity index (χ3n) is 6.42. The van der Waals surface area contributed by atoms with E-state index in [4.69, 9.17) is 14.2 Å². The summed E-state index contributed by atoms with van der Waals surface area (Å²) in [5.74, 6) is 0.674. The molecule has 1 N–H and O–H groups in total. The summed E-state index contributed by atoms with van der Waals surface area (Å²) >= 11 is 0. The van der Waals surface area contributed by atoms with Crippen molar-refractivity contribution >= 4 is 11.8 Å². The van der Waals surface area contributed by atoms with E-state index >= 15 is 0 Å². The average Bonchev–Trinajstić information content (AvgIpc) is 2.81. The van der Waals surface area contributed by atoms with Crippen LogP contribution in [0.3, 0.4) is 0 Å². The molecule has 2 aliphatic rings. The van der Waals surface area contributed by atoms with Crippen molar-refractivity contribution in [3.8, 4) is 11.5 Å². The quantitative estimate of drug-likeness (QED) is 0.607. The predicted octanol–water partition coefficient (Wildman–Crippen LogP) is 5.05. The maximum absolute atomic E-state index is 13.3. The smallest absolute Gasteiger partial charge is 0.336 e. The molecule has 1 heterocycles. The average molecular weight is 462 g/mol. The van der Waals surface area contributed by atoms with E-state index in [-0.39, 0.29) is 11.2 Å². The van der Waals surface area contributed by atoms with Crippen molar-refractivity contribution < 1.29 is 23.8 Å². The number of dihydropyridines is 1. The second-order valence-electron chi connectivity index (χ2n) is 9.63. The van der Waals surface area contributed by atoms with Gasteiger partial charge in [-0.15, -0.1) is 0 Å². The van der Waals surface area contributed by atoms with Gasteiger partial charge in [-0.1, -0.05) is 38.1 Å². The molecule has 0 amide bonds. The lowest BCUT2D eigenvalue weighted by Gasteiger charge is -2.39. The Morgan fingerprint density at radius 3 is 2.26 bits per heavy atom. The van der Waals surface area contributed by atoms with Gasteiger partial charge in [0.1, 0.15) is 18.1 Å². The minimum absolute atomic E-state index is 0.0671. The zero-order valence-corrected chi connectivity index (χ0v) is 20.4. The standard InChI is InChI=1S/C28H31NO5/c1-17-24(27(31)33-5)25(26-22(29-17)14-28(2,3)15-23(26)30)19-8-12-21(13-9-19)34-16-18-6-10-20(32-4)11-7-18/h6-13,25,29H,14-16H2,1-5H3/t25-/m1/s1. The molecule has 0 spiro atoms. The number of nitrogens with one attached hydrogen (secondary N) is 1. The van der Waals surface area contributed by atoms with Crippen LogP contribution in [-0.2, 0) is 20.9 Å². The monoisotopic (exact) mass is 461 g/mol. The maximum Gasteiger partial charge on any atom is 0.336 e. The number of hydrogen-bond donors (Lipinski definition) is 1. The molecular weight excluding hydrogens is 430 g/mol. The Hall–Kier alpha value is -3.54.